The van der Waals surface area contributed by atoms with Crippen LogP contribution in [0, 0.1) is 0 Å². The molecule has 0 amide bonds. The molecular formula is C12H37Cl3O4. The van der Waals surface area contributed by atoms with E-state index in [2.05, 4.69) is 27.9 Å². The molecule has 0 aromatic carbocycles. The summed E-state index contributed by atoms with van der Waals surface area (Å²) in [4.78, 5) is 17.2. The van der Waals surface area contributed by atoms with E-state index in [9.17, 15) is 4.79 Å². The standard InChI is InChI=1S/C3H8O2.C2H3ClO.CH3Cl.CH2O.5CH4.ClH/c1-3(4)5-2;1-2(3)4;2*1-2;;;;;;/h3-4H,1-2H3;1H3;1H3;1H2;5*1H4;1H. The minimum Gasteiger partial charge on any atom is -0.368 e. The second kappa shape index (κ2) is 105. The van der Waals surface area contributed by atoms with Gasteiger partial charge in [0.1, 0.15) is 6.79 Å². The van der Waals surface area contributed by atoms with Crippen LogP contribution in [0.25, 0.3) is 0 Å². The zero-order chi connectivity index (χ0) is 11.9. The number of aliphatic hydroxyl groups is 1. The van der Waals surface area contributed by atoms with Crippen molar-refractivity contribution >= 4 is 47.6 Å². The number of ether oxygens (including phenoxy) is 1. The van der Waals surface area contributed by atoms with Gasteiger partial charge in [0.15, 0.2) is 6.29 Å². The fourth-order valence-corrected chi connectivity index (χ4v) is 0. The molecule has 1 atom stereocenters. The zero-order valence-corrected chi connectivity index (χ0v) is 10.9. The average Bonchev–Trinajstić information content (AvgIpc) is 2.10. The zero-order valence-electron chi connectivity index (χ0n) is 8.62. The lowest BCUT2D eigenvalue weighted by atomic mass is 10.8. The molecule has 0 saturated carbocycles. The van der Waals surface area contributed by atoms with Gasteiger partial charge in [0.05, 0.1) is 0 Å². The quantitative estimate of drug-likeness (QED) is 0.409. The second-order valence-electron chi connectivity index (χ2n) is 1.31. The lowest BCUT2D eigenvalue weighted by Crippen LogP contribution is -1.99. The molecular weight excluding hydrogens is 314 g/mol. The molecule has 0 heterocycles. The molecule has 0 bridgehead atoms. The predicted octanol–water partition coefficient (Wildman–Crippen LogP) is 5.02. The fourth-order valence-electron chi connectivity index (χ4n) is 0. The molecule has 0 spiro atoms. The molecule has 0 aliphatic carbocycles. The summed E-state index contributed by atoms with van der Waals surface area (Å²) in [6.45, 7) is 4.85. The topological polar surface area (TPSA) is 63.6 Å². The molecule has 0 fully saturated rings. The van der Waals surface area contributed by atoms with Gasteiger partial charge in [0, 0.05) is 20.4 Å². The smallest absolute Gasteiger partial charge is 0.218 e. The highest BCUT2D eigenvalue weighted by Crippen LogP contribution is 1.72. The molecule has 0 saturated heterocycles. The van der Waals surface area contributed by atoms with Gasteiger partial charge in [-0.25, -0.2) is 0 Å². The third-order valence-corrected chi connectivity index (χ3v) is 0.341. The number of rotatable bonds is 1. The van der Waals surface area contributed by atoms with Crippen LogP contribution in [0.2, 0.25) is 0 Å². The van der Waals surface area contributed by atoms with E-state index >= 15 is 0 Å². The Balaban J connectivity index is -0.00000000679. The van der Waals surface area contributed by atoms with Crippen molar-refractivity contribution in [1.29, 1.82) is 0 Å². The van der Waals surface area contributed by atoms with E-state index in [-0.39, 0.29) is 54.8 Å². The SMILES string of the molecule is C.C.C.C.C.C=O.CC(=O)Cl.CCl.COC(C)O.Cl. The van der Waals surface area contributed by atoms with Crippen LogP contribution in [0.4, 0.5) is 0 Å². The van der Waals surface area contributed by atoms with Crippen molar-refractivity contribution in [3.05, 3.63) is 0 Å². The van der Waals surface area contributed by atoms with Crippen molar-refractivity contribution in [2.45, 2.75) is 57.3 Å². The number of methoxy groups -OCH3 is 1. The number of halogens is 3. The maximum Gasteiger partial charge on any atom is 0.218 e. The first-order chi connectivity index (χ1) is 6.00. The number of aliphatic hydroxyl groups excluding tert-OH is 1. The molecule has 1 N–H and O–H groups in total. The largest absolute Gasteiger partial charge is 0.368 e. The monoisotopic (exact) mass is 350 g/mol. The Labute approximate surface area is 138 Å². The van der Waals surface area contributed by atoms with E-state index in [1.165, 1.54) is 20.4 Å². The first-order valence-electron chi connectivity index (χ1n) is 3.04. The Morgan fingerprint density at radius 3 is 1.16 bits per heavy atom. The van der Waals surface area contributed by atoms with Crippen molar-refractivity contribution in [3.8, 4) is 0 Å². The lowest BCUT2D eigenvalue weighted by Gasteiger charge is -1.94. The summed E-state index contributed by atoms with van der Waals surface area (Å²) in [5.41, 5.74) is 0. The molecule has 0 aliphatic rings. The first-order valence-corrected chi connectivity index (χ1v) is 4.17. The summed E-state index contributed by atoms with van der Waals surface area (Å²) in [6, 6.07) is 0. The van der Waals surface area contributed by atoms with Crippen LogP contribution in [0.5, 0.6) is 0 Å². The van der Waals surface area contributed by atoms with Crippen LogP contribution in [0.3, 0.4) is 0 Å². The van der Waals surface area contributed by atoms with Gasteiger partial charge in [-0.3, -0.25) is 4.79 Å². The highest BCUT2D eigenvalue weighted by Gasteiger charge is 1.80. The Kier molecular flexibility index (Phi) is 415. The van der Waals surface area contributed by atoms with Crippen LogP contribution in [-0.4, -0.2) is 36.9 Å². The first kappa shape index (κ1) is 75.4. The number of carbonyl (C=O) groups excluding carboxylic acids is 2. The van der Waals surface area contributed by atoms with Crippen molar-refractivity contribution in [3.63, 3.8) is 0 Å². The highest BCUT2D eigenvalue weighted by molar-refractivity contribution is 6.62. The maximum absolute atomic E-state index is 9.21. The second-order valence-corrected chi connectivity index (χ2v) is 1.84. The Morgan fingerprint density at radius 1 is 1.11 bits per heavy atom. The molecule has 130 valence electrons. The van der Waals surface area contributed by atoms with Gasteiger partial charge in [0.2, 0.25) is 5.24 Å². The van der Waals surface area contributed by atoms with Crippen molar-refractivity contribution in [1.82, 2.24) is 0 Å². The van der Waals surface area contributed by atoms with E-state index in [1.807, 2.05) is 6.79 Å². The van der Waals surface area contributed by atoms with Gasteiger partial charge in [-0.15, -0.1) is 24.0 Å². The third kappa shape index (κ3) is 1040. The van der Waals surface area contributed by atoms with Gasteiger partial charge in [0.25, 0.3) is 0 Å². The van der Waals surface area contributed by atoms with Crippen molar-refractivity contribution in [2.75, 3.05) is 13.5 Å². The molecule has 0 rings (SSSR count). The number of hydrogen-bond donors (Lipinski definition) is 1. The van der Waals surface area contributed by atoms with Crippen LogP contribution < -0.4 is 0 Å². The summed E-state index contributed by atoms with van der Waals surface area (Å²) in [6.07, 6.45) is 0.856. The third-order valence-electron chi connectivity index (χ3n) is 0.341. The van der Waals surface area contributed by atoms with Gasteiger partial charge in [-0.1, -0.05) is 37.1 Å². The van der Waals surface area contributed by atoms with Gasteiger partial charge < -0.3 is 14.6 Å². The summed E-state index contributed by atoms with van der Waals surface area (Å²) < 4.78 is 4.31. The Bertz CT molecular complexity index is 91.0. The van der Waals surface area contributed by atoms with Crippen LogP contribution in [0.1, 0.15) is 51.0 Å². The molecule has 4 nitrogen and oxygen atoms in total. The molecule has 0 aliphatic heterocycles. The Morgan fingerprint density at radius 2 is 1.16 bits per heavy atom. The fraction of sp³-hybridized carbons (Fsp3) is 0.833. The van der Waals surface area contributed by atoms with Gasteiger partial charge in [-0.05, 0) is 18.5 Å². The normalized spacial score (nSPS) is 5.84. The average molecular weight is 352 g/mol. The van der Waals surface area contributed by atoms with Crippen LogP contribution in [0.15, 0.2) is 0 Å². The van der Waals surface area contributed by atoms with E-state index in [1.54, 1.807) is 6.92 Å². The van der Waals surface area contributed by atoms with E-state index in [0.29, 0.717) is 0 Å². The summed E-state index contributed by atoms with van der Waals surface area (Å²) >= 11 is 9.27. The van der Waals surface area contributed by atoms with Crippen molar-refractivity contribution < 1.29 is 19.4 Å². The molecule has 0 aromatic rings. The number of carbonyl (C=O) groups is 2. The molecule has 7 heteroatoms. The minimum absolute atomic E-state index is 0. The van der Waals surface area contributed by atoms with E-state index in [0.717, 1.165) is 0 Å². The van der Waals surface area contributed by atoms with Crippen LogP contribution in [-0.2, 0) is 14.3 Å². The minimum atomic E-state index is -0.616. The number of alkyl halides is 1. The predicted molar refractivity (Wildman–Crippen MR) is 95.0 cm³/mol. The molecule has 19 heavy (non-hydrogen) atoms. The highest BCUT2D eigenvalue weighted by atomic mass is 35.5. The van der Waals surface area contributed by atoms with Crippen molar-refractivity contribution in [2.24, 2.45) is 0 Å². The Hall–Kier alpha value is 0.130. The molecule has 1 unspecified atom stereocenters. The summed E-state index contributed by atoms with van der Waals surface area (Å²) in [5, 5.41) is 7.78. The van der Waals surface area contributed by atoms with Gasteiger partial charge in [-0.2, -0.15) is 0 Å². The summed E-state index contributed by atoms with van der Waals surface area (Å²) in [7, 11) is 1.45. The summed E-state index contributed by atoms with van der Waals surface area (Å²) in [5.74, 6) is 0. The van der Waals surface area contributed by atoms with Gasteiger partial charge >= 0.3 is 0 Å². The number of hydrogen-bond acceptors (Lipinski definition) is 4. The lowest BCUT2D eigenvalue weighted by molar-refractivity contribution is -0.109. The molecule has 0 aromatic heterocycles. The maximum atomic E-state index is 9.21. The van der Waals surface area contributed by atoms with E-state index < -0.39 is 6.29 Å². The van der Waals surface area contributed by atoms with Crippen LogP contribution >= 0.6 is 35.6 Å². The molecule has 0 radical (unpaired) electrons. The van der Waals surface area contributed by atoms with E-state index in [4.69, 9.17) is 9.90 Å².